The molecule has 5 rings (SSSR count). The lowest BCUT2D eigenvalue weighted by Crippen LogP contribution is -2.11. The zero-order chi connectivity index (χ0) is 37.1. The monoisotopic (exact) mass is 714 g/mol. The third kappa shape index (κ3) is 7.30. The van der Waals surface area contributed by atoms with Crippen molar-refractivity contribution < 1.29 is 52.7 Å². The summed E-state index contributed by atoms with van der Waals surface area (Å²) in [5.74, 6) is -0.451. The summed E-state index contributed by atoms with van der Waals surface area (Å²) in [5, 5.41) is 1.25. The first kappa shape index (κ1) is 37.0. The van der Waals surface area contributed by atoms with Crippen molar-refractivity contribution in [2.45, 2.75) is 77.1 Å². The van der Waals surface area contributed by atoms with E-state index in [1.54, 1.807) is 12.1 Å². The van der Waals surface area contributed by atoms with Crippen LogP contribution in [0.2, 0.25) is 0 Å². The molecule has 0 saturated heterocycles. The van der Waals surface area contributed by atoms with Gasteiger partial charge in [0, 0.05) is 0 Å². The topological polar surface area (TPSA) is 0 Å². The molecular weight excluding hydrogens is 684 g/mol. The highest BCUT2D eigenvalue weighted by Gasteiger charge is 2.38. The molecule has 2 atom stereocenters. The molecule has 0 fully saturated rings. The van der Waals surface area contributed by atoms with Crippen LogP contribution in [0, 0.1) is 0 Å². The van der Waals surface area contributed by atoms with E-state index >= 15 is 0 Å². The van der Waals surface area contributed by atoms with Crippen molar-refractivity contribution in [3.63, 3.8) is 0 Å². The minimum absolute atomic E-state index is 0.0363. The van der Waals surface area contributed by atoms with E-state index in [9.17, 15) is 52.7 Å². The van der Waals surface area contributed by atoms with Crippen LogP contribution in [0.15, 0.2) is 72.8 Å². The van der Waals surface area contributed by atoms with Crippen molar-refractivity contribution in [2.24, 2.45) is 0 Å². The van der Waals surface area contributed by atoms with Gasteiger partial charge in [0.2, 0.25) is 0 Å². The predicted octanol–water partition coefficient (Wildman–Crippen LogP) is 14.4. The van der Waals surface area contributed by atoms with Gasteiger partial charge in [0.1, 0.15) is 0 Å². The molecule has 2 unspecified atom stereocenters. The number of alkyl halides is 12. The molecular formula is C38H30F12. The Morgan fingerprint density at radius 3 is 0.920 bits per heavy atom. The first-order chi connectivity index (χ1) is 23.0. The summed E-state index contributed by atoms with van der Waals surface area (Å²) < 4.78 is 167. The Kier molecular flexibility index (Phi) is 9.51. The fraction of sp³-hybridized carbons (Fsp3) is 0.316. The number of halogens is 12. The van der Waals surface area contributed by atoms with E-state index < -0.39 is 47.0 Å². The molecule has 0 amide bonds. The first-order valence-electron chi connectivity index (χ1n) is 15.7. The SMILES string of the molecule is CCC(C)c1cc(-c2cc(C(F)(F)F)cc(C(F)(F)F)c2)c2ccc3c(-c4cc(C(F)(F)F)cc(C(F)(F)F)c4)cc(C(C)CC)cc3c2c1. The van der Waals surface area contributed by atoms with Crippen LogP contribution in [-0.4, -0.2) is 0 Å². The molecule has 0 nitrogen and oxygen atoms in total. The van der Waals surface area contributed by atoms with E-state index in [0.29, 0.717) is 59.0 Å². The van der Waals surface area contributed by atoms with Gasteiger partial charge in [-0.25, -0.2) is 0 Å². The van der Waals surface area contributed by atoms with E-state index in [0.717, 1.165) is 0 Å². The summed E-state index contributed by atoms with van der Waals surface area (Å²) in [7, 11) is 0. The van der Waals surface area contributed by atoms with Gasteiger partial charge in [-0.05, 0) is 116 Å². The minimum atomic E-state index is -5.10. The quantitative estimate of drug-likeness (QED) is 0.121. The van der Waals surface area contributed by atoms with Crippen LogP contribution >= 0.6 is 0 Å². The molecule has 5 aromatic rings. The van der Waals surface area contributed by atoms with Gasteiger partial charge in [-0.1, -0.05) is 64.1 Å². The normalized spacial score (nSPS) is 14.4. The number of fused-ring (bicyclic) bond motifs is 3. The lowest BCUT2D eigenvalue weighted by Gasteiger charge is -2.21. The van der Waals surface area contributed by atoms with Gasteiger partial charge in [-0.2, -0.15) is 52.7 Å². The molecule has 0 radical (unpaired) electrons. The second-order valence-electron chi connectivity index (χ2n) is 12.6. The number of rotatable bonds is 6. The van der Waals surface area contributed by atoms with E-state index in [1.807, 2.05) is 27.7 Å². The van der Waals surface area contributed by atoms with Gasteiger partial charge in [-0.3, -0.25) is 0 Å². The van der Waals surface area contributed by atoms with E-state index in [4.69, 9.17) is 0 Å². The fourth-order valence-corrected chi connectivity index (χ4v) is 6.06. The highest BCUT2D eigenvalue weighted by atomic mass is 19.4. The predicted molar refractivity (Wildman–Crippen MR) is 170 cm³/mol. The van der Waals surface area contributed by atoms with Crippen molar-refractivity contribution in [1.82, 2.24) is 0 Å². The standard InChI is InChI=1S/C38H30F12/c1-5-19(3)21-13-31(23-9-25(35(39,40)41)17-26(10-23)36(42,43)44)29-7-8-30-32(14-22(20(4)6-2)16-34(30)33(29)15-21)24-11-27(37(45,46)47)18-28(12-24)38(48,49)50/h7-20H,5-6H2,1-4H3. The molecule has 12 heteroatoms. The molecule has 0 N–H and O–H groups in total. The van der Waals surface area contributed by atoms with Crippen molar-refractivity contribution in [3.8, 4) is 22.3 Å². The summed E-state index contributed by atoms with van der Waals surface area (Å²) in [6.45, 7) is 7.32. The minimum Gasteiger partial charge on any atom is -0.166 e. The van der Waals surface area contributed by atoms with Crippen LogP contribution < -0.4 is 0 Å². The molecule has 5 aromatic carbocycles. The molecule has 0 saturated carbocycles. The maximum Gasteiger partial charge on any atom is 0.416 e. The Bertz CT molecular complexity index is 1850. The van der Waals surface area contributed by atoms with Gasteiger partial charge in [-0.15, -0.1) is 0 Å². The summed E-state index contributed by atoms with van der Waals surface area (Å²) in [4.78, 5) is 0. The van der Waals surface area contributed by atoms with Gasteiger partial charge < -0.3 is 0 Å². The molecule has 0 aliphatic heterocycles. The Morgan fingerprint density at radius 1 is 0.400 bits per heavy atom. The molecule has 0 aliphatic rings. The zero-order valence-corrected chi connectivity index (χ0v) is 27.0. The van der Waals surface area contributed by atoms with Gasteiger partial charge in [0.25, 0.3) is 0 Å². The third-order valence-corrected chi connectivity index (χ3v) is 9.27. The van der Waals surface area contributed by atoms with Crippen molar-refractivity contribution >= 4 is 21.5 Å². The van der Waals surface area contributed by atoms with Crippen LogP contribution in [0.4, 0.5) is 52.7 Å². The van der Waals surface area contributed by atoms with Gasteiger partial charge >= 0.3 is 24.7 Å². The first-order valence-corrected chi connectivity index (χ1v) is 15.7. The summed E-state index contributed by atoms with van der Waals surface area (Å²) in [5.41, 5.74) is -5.46. The Hall–Kier alpha value is -4.22. The maximum absolute atomic E-state index is 13.9. The summed E-state index contributed by atoms with van der Waals surface area (Å²) in [6.07, 6.45) is -19.3. The average molecular weight is 715 g/mol. The molecule has 0 heterocycles. The second kappa shape index (κ2) is 12.8. The lowest BCUT2D eigenvalue weighted by molar-refractivity contribution is -0.144. The van der Waals surface area contributed by atoms with Gasteiger partial charge in [0.15, 0.2) is 0 Å². The van der Waals surface area contributed by atoms with E-state index in [2.05, 4.69) is 0 Å². The van der Waals surface area contributed by atoms with Crippen molar-refractivity contribution in [3.05, 3.63) is 106 Å². The molecule has 0 spiro atoms. The van der Waals surface area contributed by atoms with E-state index in [-0.39, 0.29) is 57.0 Å². The number of hydrogen-bond acceptors (Lipinski definition) is 0. The van der Waals surface area contributed by atoms with Crippen LogP contribution in [-0.2, 0) is 24.7 Å². The third-order valence-electron chi connectivity index (χ3n) is 9.27. The average Bonchev–Trinajstić information content (AvgIpc) is 3.04. The Balaban J connectivity index is 1.95. The molecule has 0 aliphatic carbocycles. The highest BCUT2D eigenvalue weighted by Crippen LogP contribution is 2.46. The van der Waals surface area contributed by atoms with Crippen LogP contribution in [0.3, 0.4) is 0 Å². The fourth-order valence-electron chi connectivity index (χ4n) is 6.06. The molecule has 50 heavy (non-hydrogen) atoms. The van der Waals surface area contributed by atoms with Crippen molar-refractivity contribution in [1.29, 1.82) is 0 Å². The molecule has 266 valence electrons. The maximum atomic E-state index is 13.9. The number of benzene rings is 5. The largest absolute Gasteiger partial charge is 0.416 e. The Morgan fingerprint density at radius 2 is 0.680 bits per heavy atom. The summed E-state index contributed by atoms with van der Waals surface area (Å²) in [6, 6.07) is 12.0. The number of hydrogen-bond donors (Lipinski definition) is 0. The molecule has 0 bridgehead atoms. The van der Waals surface area contributed by atoms with E-state index in [1.165, 1.54) is 24.3 Å². The highest BCUT2D eigenvalue weighted by molar-refractivity contribution is 6.16. The second-order valence-corrected chi connectivity index (χ2v) is 12.6. The van der Waals surface area contributed by atoms with Crippen molar-refractivity contribution in [2.75, 3.05) is 0 Å². The summed E-state index contributed by atoms with van der Waals surface area (Å²) >= 11 is 0. The van der Waals surface area contributed by atoms with Crippen LogP contribution in [0.25, 0.3) is 43.8 Å². The lowest BCUT2D eigenvalue weighted by atomic mass is 9.84. The zero-order valence-electron chi connectivity index (χ0n) is 27.0. The van der Waals surface area contributed by atoms with Gasteiger partial charge in [0.05, 0.1) is 22.3 Å². The molecule has 0 aromatic heterocycles. The van der Waals surface area contributed by atoms with Crippen LogP contribution in [0.5, 0.6) is 0 Å². The smallest absolute Gasteiger partial charge is 0.166 e. The van der Waals surface area contributed by atoms with Crippen LogP contribution in [0.1, 0.15) is 85.8 Å². The Labute approximate surface area is 279 Å².